The minimum Gasteiger partial charge on any atom is -0.469 e. The summed E-state index contributed by atoms with van der Waals surface area (Å²) in [5.74, 6) is 0.476. The Bertz CT molecular complexity index is 470. The van der Waals surface area contributed by atoms with Crippen LogP contribution in [-0.2, 0) is 9.53 Å². The zero-order valence-corrected chi connectivity index (χ0v) is 13.7. The Balaban J connectivity index is 2.45. The van der Waals surface area contributed by atoms with Crippen molar-refractivity contribution in [2.45, 2.75) is 33.1 Å². The summed E-state index contributed by atoms with van der Waals surface area (Å²) in [6, 6.07) is 1.67. The number of amides is 2. The molecule has 0 saturated heterocycles. The molecule has 124 valence electrons. The highest BCUT2D eigenvalue weighted by Gasteiger charge is 2.19. The fraction of sp³-hybridized carbons (Fsp3) is 0.625. The topological polar surface area (TPSA) is 71.8 Å². The summed E-state index contributed by atoms with van der Waals surface area (Å²) in [6.07, 6.45) is 3.44. The molecule has 0 aliphatic heterocycles. The quantitative estimate of drug-likeness (QED) is 0.671. The van der Waals surface area contributed by atoms with Crippen molar-refractivity contribution in [3.05, 3.63) is 23.7 Å². The number of carbonyl (C=O) groups excluding carboxylic acids is 2. The van der Waals surface area contributed by atoms with E-state index in [4.69, 9.17) is 9.15 Å². The van der Waals surface area contributed by atoms with Gasteiger partial charge in [-0.3, -0.25) is 9.59 Å². The fourth-order valence-corrected chi connectivity index (χ4v) is 2.13. The molecule has 0 aromatic carbocycles. The first-order valence-electron chi connectivity index (χ1n) is 7.69. The molecule has 1 rings (SSSR count). The second-order valence-electron chi connectivity index (χ2n) is 5.13. The maximum absolute atomic E-state index is 12.4. The predicted molar refractivity (Wildman–Crippen MR) is 83.8 cm³/mol. The molecule has 0 radical (unpaired) electrons. The SMILES string of the molecule is CCCN(CCC(=O)NCCCOC)C(=O)c1ccoc1C. The number of nitrogens with one attached hydrogen (secondary N) is 1. The summed E-state index contributed by atoms with van der Waals surface area (Å²) < 4.78 is 10.1. The van der Waals surface area contributed by atoms with Crippen LogP contribution in [0, 0.1) is 6.92 Å². The van der Waals surface area contributed by atoms with E-state index in [1.807, 2.05) is 6.92 Å². The van der Waals surface area contributed by atoms with Gasteiger partial charge in [0, 0.05) is 39.8 Å². The maximum atomic E-state index is 12.4. The Kier molecular flexibility index (Phi) is 8.28. The third-order valence-corrected chi connectivity index (χ3v) is 3.33. The van der Waals surface area contributed by atoms with Crippen LogP contribution >= 0.6 is 0 Å². The van der Waals surface area contributed by atoms with E-state index in [2.05, 4.69) is 5.32 Å². The van der Waals surface area contributed by atoms with E-state index in [1.54, 1.807) is 25.0 Å². The number of hydrogen-bond acceptors (Lipinski definition) is 4. The molecule has 0 saturated carbocycles. The molecule has 1 aromatic heterocycles. The monoisotopic (exact) mass is 310 g/mol. The summed E-state index contributed by atoms with van der Waals surface area (Å²) in [4.78, 5) is 25.9. The molecule has 2 amide bonds. The first-order valence-corrected chi connectivity index (χ1v) is 7.69. The van der Waals surface area contributed by atoms with Crippen molar-refractivity contribution in [1.82, 2.24) is 10.2 Å². The highest BCUT2D eigenvalue weighted by atomic mass is 16.5. The van der Waals surface area contributed by atoms with Gasteiger partial charge in [-0.05, 0) is 25.8 Å². The molecule has 0 fully saturated rings. The van der Waals surface area contributed by atoms with Crippen LogP contribution in [0.4, 0.5) is 0 Å². The van der Waals surface area contributed by atoms with Gasteiger partial charge < -0.3 is 19.4 Å². The van der Waals surface area contributed by atoms with Crippen LogP contribution < -0.4 is 5.32 Å². The summed E-state index contributed by atoms with van der Waals surface area (Å²) in [5.41, 5.74) is 0.564. The van der Waals surface area contributed by atoms with Gasteiger partial charge in [0.25, 0.3) is 5.91 Å². The number of carbonyl (C=O) groups is 2. The van der Waals surface area contributed by atoms with Gasteiger partial charge in [0.2, 0.25) is 5.91 Å². The lowest BCUT2D eigenvalue weighted by Crippen LogP contribution is -2.36. The van der Waals surface area contributed by atoms with Crippen LogP contribution in [0.25, 0.3) is 0 Å². The first kappa shape index (κ1) is 18.2. The standard InChI is InChI=1S/C16H26N2O4/c1-4-9-18(16(20)14-7-12-22-13(14)2)10-6-15(19)17-8-5-11-21-3/h7,12H,4-6,8-11H2,1-3H3,(H,17,19). The molecule has 22 heavy (non-hydrogen) atoms. The second-order valence-corrected chi connectivity index (χ2v) is 5.13. The van der Waals surface area contributed by atoms with Gasteiger partial charge in [-0.15, -0.1) is 0 Å². The smallest absolute Gasteiger partial charge is 0.257 e. The van der Waals surface area contributed by atoms with Crippen molar-refractivity contribution >= 4 is 11.8 Å². The Morgan fingerprint density at radius 1 is 1.36 bits per heavy atom. The van der Waals surface area contributed by atoms with Crippen molar-refractivity contribution in [3.63, 3.8) is 0 Å². The van der Waals surface area contributed by atoms with E-state index >= 15 is 0 Å². The Morgan fingerprint density at radius 2 is 2.14 bits per heavy atom. The molecule has 0 unspecified atom stereocenters. The third-order valence-electron chi connectivity index (χ3n) is 3.33. The Labute approximate surface area is 131 Å². The number of aryl methyl sites for hydroxylation is 1. The van der Waals surface area contributed by atoms with Gasteiger partial charge in [0.1, 0.15) is 5.76 Å². The van der Waals surface area contributed by atoms with Crippen molar-refractivity contribution in [2.24, 2.45) is 0 Å². The molecule has 1 N–H and O–H groups in total. The number of hydrogen-bond donors (Lipinski definition) is 1. The minimum atomic E-state index is -0.0831. The Hall–Kier alpha value is -1.82. The highest BCUT2D eigenvalue weighted by Crippen LogP contribution is 2.12. The fourth-order valence-electron chi connectivity index (χ4n) is 2.13. The molecule has 0 aliphatic carbocycles. The molecule has 0 atom stereocenters. The summed E-state index contributed by atoms with van der Waals surface area (Å²) in [7, 11) is 1.63. The van der Waals surface area contributed by atoms with Gasteiger partial charge in [-0.2, -0.15) is 0 Å². The van der Waals surface area contributed by atoms with E-state index in [-0.39, 0.29) is 11.8 Å². The van der Waals surface area contributed by atoms with E-state index < -0.39 is 0 Å². The molecule has 1 aromatic rings. The zero-order chi connectivity index (χ0) is 16.4. The number of ether oxygens (including phenoxy) is 1. The van der Waals surface area contributed by atoms with Crippen molar-refractivity contribution < 1.29 is 18.7 Å². The van der Waals surface area contributed by atoms with Crippen molar-refractivity contribution in [2.75, 3.05) is 33.4 Å². The molecule has 1 heterocycles. The summed E-state index contributed by atoms with van der Waals surface area (Å²) >= 11 is 0. The van der Waals surface area contributed by atoms with Gasteiger partial charge in [0.15, 0.2) is 0 Å². The van der Waals surface area contributed by atoms with Crippen molar-refractivity contribution in [1.29, 1.82) is 0 Å². The third kappa shape index (κ3) is 5.89. The van der Waals surface area contributed by atoms with Gasteiger partial charge >= 0.3 is 0 Å². The van der Waals surface area contributed by atoms with E-state index in [1.165, 1.54) is 6.26 Å². The average molecular weight is 310 g/mol. The summed E-state index contributed by atoms with van der Waals surface area (Å²) in [5, 5.41) is 2.82. The Morgan fingerprint density at radius 3 is 2.73 bits per heavy atom. The molecular formula is C16H26N2O4. The highest BCUT2D eigenvalue weighted by molar-refractivity contribution is 5.95. The van der Waals surface area contributed by atoms with Gasteiger partial charge in [-0.1, -0.05) is 6.92 Å². The molecule has 0 spiro atoms. The van der Waals surface area contributed by atoms with Gasteiger partial charge in [-0.25, -0.2) is 0 Å². The molecule has 0 aliphatic rings. The number of rotatable bonds is 10. The summed E-state index contributed by atoms with van der Waals surface area (Å²) in [6.45, 7) is 6.02. The lowest BCUT2D eigenvalue weighted by atomic mass is 10.2. The van der Waals surface area contributed by atoms with Crippen LogP contribution in [0.3, 0.4) is 0 Å². The van der Waals surface area contributed by atoms with Crippen LogP contribution in [0.5, 0.6) is 0 Å². The second kappa shape index (κ2) is 10.00. The number of furan rings is 1. The van der Waals surface area contributed by atoms with Gasteiger partial charge in [0.05, 0.1) is 11.8 Å². The first-order chi connectivity index (χ1) is 10.6. The average Bonchev–Trinajstić information content (AvgIpc) is 2.93. The molecular weight excluding hydrogens is 284 g/mol. The zero-order valence-electron chi connectivity index (χ0n) is 13.7. The van der Waals surface area contributed by atoms with Crippen LogP contribution in [0.15, 0.2) is 16.7 Å². The predicted octanol–water partition coefficient (Wildman–Crippen LogP) is 1.98. The van der Waals surface area contributed by atoms with E-state index in [9.17, 15) is 9.59 Å². The lowest BCUT2D eigenvalue weighted by Gasteiger charge is -2.21. The minimum absolute atomic E-state index is 0.0473. The van der Waals surface area contributed by atoms with Crippen LogP contribution in [-0.4, -0.2) is 50.1 Å². The maximum Gasteiger partial charge on any atom is 0.257 e. The molecule has 0 bridgehead atoms. The van der Waals surface area contributed by atoms with E-state index in [0.29, 0.717) is 44.0 Å². The largest absolute Gasteiger partial charge is 0.469 e. The lowest BCUT2D eigenvalue weighted by molar-refractivity contribution is -0.121. The van der Waals surface area contributed by atoms with Crippen LogP contribution in [0.1, 0.15) is 42.3 Å². The van der Waals surface area contributed by atoms with Crippen molar-refractivity contribution in [3.8, 4) is 0 Å². The van der Waals surface area contributed by atoms with Crippen LogP contribution in [0.2, 0.25) is 0 Å². The molecule has 6 heteroatoms. The normalized spacial score (nSPS) is 10.5. The van der Waals surface area contributed by atoms with E-state index in [0.717, 1.165) is 12.8 Å². The molecule has 6 nitrogen and oxygen atoms in total. The number of methoxy groups -OCH3 is 1. The number of nitrogens with zero attached hydrogens (tertiary/aromatic N) is 1.